The summed E-state index contributed by atoms with van der Waals surface area (Å²) >= 11 is 1.45. The zero-order valence-electron chi connectivity index (χ0n) is 10.3. The van der Waals surface area contributed by atoms with Crippen LogP contribution in [0.4, 0.5) is 0 Å². The third-order valence-corrected chi connectivity index (χ3v) is 4.29. The van der Waals surface area contributed by atoms with Gasteiger partial charge in [0.1, 0.15) is 5.69 Å². The number of aromatic nitrogens is 1. The Hall–Kier alpha value is -0.980. The molecule has 100 valence electrons. The first-order valence-corrected chi connectivity index (χ1v) is 7.15. The molecule has 1 aliphatic rings. The van der Waals surface area contributed by atoms with Gasteiger partial charge in [0.15, 0.2) is 0 Å². The van der Waals surface area contributed by atoms with E-state index in [0.717, 1.165) is 30.7 Å². The first-order chi connectivity index (χ1) is 8.69. The van der Waals surface area contributed by atoms with Crippen molar-refractivity contribution in [2.24, 2.45) is 5.73 Å². The van der Waals surface area contributed by atoms with Gasteiger partial charge in [0.2, 0.25) is 0 Å². The summed E-state index contributed by atoms with van der Waals surface area (Å²) in [7, 11) is 0. The molecule has 0 spiro atoms. The number of nitrogens with one attached hydrogen (secondary N) is 1. The molecule has 2 rings (SSSR count). The minimum atomic E-state index is -0.436. The van der Waals surface area contributed by atoms with E-state index >= 15 is 0 Å². The molecule has 0 bridgehead atoms. The summed E-state index contributed by atoms with van der Waals surface area (Å²) in [5.74, 6) is -0.189. The Morgan fingerprint density at radius 2 is 2.28 bits per heavy atom. The first-order valence-electron chi connectivity index (χ1n) is 6.27. The van der Waals surface area contributed by atoms with Gasteiger partial charge in [0, 0.05) is 11.8 Å². The molecule has 5 nitrogen and oxygen atoms in total. The fraction of sp³-hybridized carbons (Fsp3) is 0.667. The Morgan fingerprint density at radius 1 is 1.56 bits per heavy atom. The van der Waals surface area contributed by atoms with Gasteiger partial charge < -0.3 is 16.2 Å². The van der Waals surface area contributed by atoms with Crippen molar-refractivity contribution >= 4 is 17.2 Å². The minimum absolute atomic E-state index is 0.00145. The number of aliphatic hydroxyl groups is 1. The second kappa shape index (κ2) is 5.77. The van der Waals surface area contributed by atoms with Gasteiger partial charge >= 0.3 is 0 Å². The molecular weight excluding hydrogens is 250 g/mol. The van der Waals surface area contributed by atoms with E-state index in [1.165, 1.54) is 11.3 Å². The monoisotopic (exact) mass is 269 g/mol. The second-order valence-corrected chi connectivity index (χ2v) is 5.71. The molecule has 0 unspecified atom stereocenters. The van der Waals surface area contributed by atoms with Crippen molar-refractivity contribution in [1.29, 1.82) is 0 Å². The highest BCUT2D eigenvalue weighted by atomic mass is 32.1. The van der Waals surface area contributed by atoms with Gasteiger partial charge in [-0.3, -0.25) is 4.79 Å². The number of carbonyl (C=O) groups is 1. The van der Waals surface area contributed by atoms with Crippen LogP contribution in [0.15, 0.2) is 5.38 Å². The van der Waals surface area contributed by atoms with Crippen molar-refractivity contribution in [1.82, 2.24) is 10.3 Å². The van der Waals surface area contributed by atoms with Crippen LogP contribution in [0, 0.1) is 0 Å². The summed E-state index contributed by atoms with van der Waals surface area (Å²) in [6.07, 6.45) is 4.49. The number of hydrogen-bond acceptors (Lipinski definition) is 5. The Morgan fingerprint density at radius 3 is 2.89 bits per heavy atom. The maximum absolute atomic E-state index is 12.1. The van der Waals surface area contributed by atoms with E-state index in [2.05, 4.69) is 10.3 Å². The number of hydrogen-bond donors (Lipinski definition) is 3. The number of nitrogens with zero attached hydrogens (tertiary/aromatic N) is 1. The fourth-order valence-electron chi connectivity index (χ4n) is 2.33. The zero-order chi connectivity index (χ0) is 13.0. The summed E-state index contributed by atoms with van der Waals surface area (Å²) in [4.78, 5) is 16.3. The van der Waals surface area contributed by atoms with E-state index in [-0.39, 0.29) is 12.5 Å². The fourth-order valence-corrected chi connectivity index (χ4v) is 3.13. The predicted octanol–water partition coefficient (Wildman–Crippen LogP) is 0.679. The van der Waals surface area contributed by atoms with Crippen LogP contribution in [-0.4, -0.2) is 34.7 Å². The third kappa shape index (κ3) is 2.88. The number of amides is 1. The largest absolute Gasteiger partial charge is 0.394 e. The molecule has 0 radical (unpaired) electrons. The summed E-state index contributed by atoms with van der Waals surface area (Å²) in [5, 5.41) is 15.0. The zero-order valence-corrected chi connectivity index (χ0v) is 11.1. The van der Waals surface area contributed by atoms with Crippen molar-refractivity contribution < 1.29 is 9.90 Å². The van der Waals surface area contributed by atoms with Crippen molar-refractivity contribution in [3.63, 3.8) is 0 Å². The van der Waals surface area contributed by atoms with Crippen LogP contribution in [0.1, 0.15) is 41.2 Å². The molecule has 1 aromatic heterocycles. The number of aliphatic hydroxyl groups excluding tert-OH is 1. The molecule has 1 heterocycles. The quantitative estimate of drug-likeness (QED) is 0.733. The third-order valence-electron chi connectivity index (χ3n) is 3.38. The predicted molar refractivity (Wildman–Crippen MR) is 70.6 cm³/mol. The molecule has 0 aliphatic heterocycles. The lowest BCUT2D eigenvalue weighted by Crippen LogP contribution is -2.49. The van der Waals surface area contributed by atoms with E-state index in [9.17, 15) is 9.90 Å². The minimum Gasteiger partial charge on any atom is -0.394 e. The van der Waals surface area contributed by atoms with Crippen LogP contribution < -0.4 is 11.1 Å². The number of carbonyl (C=O) groups excluding carboxylic acids is 1. The Kier molecular flexibility index (Phi) is 4.31. The van der Waals surface area contributed by atoms with E-state index in [1.807, 2.05) is 0 Å². The lowest BCUT2D eigenvalue weighted by atomic mass is 9.99. The molecule has 1 aliphatic carbocycles. The molecule has 1 aromatic rings. The van der Waals surface area contributed by atoms with E-state index in [1.54, 1.807) is 5.38 Å². The molecular formula is C12H19N3O2S. The highest BCUT2D eigenvalue weighted by Crippen LogP contribution is 2.29. The smallest absolute Gasteiger partial charge is 0.271 e. The van der Waals surface area contributed by atoms with Crippen LogP contribution in [0.5, 0.6) is 0 Å². The van der Waals surface area contributed by atoms with Crippen LogP contribution in [-0.2, 0) is 6.42 Å². The molecule has 0 saturated heterocycles. The SMILES string of the molecule is NCCc1nc(C(=O)NC2(CO)CCCC2)cs1. The highest BCUT2D eigenvalue weighted by molar-refractivity contribution is 7.09. The second-order valence-electron chi connectivity index (χ2n) is 4.76. The van der Waals surface area contributed by atoms with Crippen LogP contribution in [0.2, 0.25) is 0 Å². The first kappa shape index (κ1) is 13.5. The molecule has 0 aromatic carbocycles. The van der Waals surface area contributed by atoms with Crippen molar-refractivity contribution in [3.8, 4) is 0 Å². The van der Waals surface area contributed by atoms with Gasteiger partial charge in [-0.15, -0.1) is 11.3 Å². The molecule has 1 amide bonds. The van der Waals surface area contributed by atoms with Gasteiger partial charge in [-0.1, -0.05) is 12.8 Å². The number of nitrogens with two attached hydrogens (primary N) is 1. The van der Waals surface area contributed by atoms with Gasteiger partial charge in [-0.25, -0.2) is 4.98 Å². The van der Waals surface area contributed by atoms with Crippen molar-refractivity contribution in [2.45, 2.75) is 37.6 Å². The summed E-state index contributed by atoms with van der Waals surface area (Å²) in [6, 6.07) is 0. The van der Waals surface area contributed by atoms with Gasteiger partial charge in [0.25, 0.3) is 5.91 Å². The number of thiazole rings is 1. The highest BCUT2D eigenvalue weighted by Gasteiger charge is 2.35. The summed E-state index contributed by atoms with van der Waals surface area (Å²) < 4.78 is 0. The van der Waals surface area contributed by atoms with Gasteiger partial charge in [0.05, 0.1) is 17.2 Å². The van der Waals surface area contributed by atoms with Crippen molar-refractivity contribution in [2.75, 3.05) is 13.2 Å². The average Bonchev–Trinajstić information content (AvgIpc) is 2.99. The van der Waals surface area contributed by atoms with Crippen LogP contribution >= 0.6 is 11.3 Å². The molecule has 1 saturated carbocycles. The van der Waals surface area contributed by atoms with Crippen LogP contribution in [0.25, 0.3) is 0 Å². The molecule has 1 fully saturated rings. The van der Waals surface area contributed by atoms with Gasteiger partial charge in [-0.2, -0.15) is 0 Å². The maximum atomic E-state index is 12.1. The normalized spacial score (nSPS) is 17.9. The molecule has 0 atom stereocenters. The summed E-state index contributed by atoms with van der Waals surface area (Å²) in [6.45, 7) is 0.535. The van der Waals surface area contributed by atoms with E-state index < -0.39 is 5.54 Å². The molecule has 6 heteroatoms. The number of rotatable bonds is 5. The standard InChI is InChI=1S/C12H19N3O2S/c13-6-3-10-14-9(7-18-10)11(17)15-12(8-16)4-1-2-5-12/h7,16H,1-6,8,13H2,(H,15,17). The molecule has 18 heavy (non-hydrogen) atoms. The summed E-state index contributed by atoms with van der Waals surface area (Å²) in [5.41, 5.74) is 5.45. The Balaban J connectivity index is 2.02. The lowest BCUT2D eigenvalue weighted by molar-refractivity contribution is 0.0834. The van der Waals surface area contributed by atoms with Gasteiger partial charge in [-0.05, 0) is 19.4 Å². The Labute approximate surface area is 110 Å². The topological polar surface area (TPSA) is 88.2 Å². The van der Waals surface area contributed by atoms with Crippen molar-refractivity contribution in [3.05, 3.63) is 16.1 Å². The lowest BCUT2D eigenvalue weighted by Gasteiger charge is -2.27. The van der Waals surface area contributed by atoms with Crippen LogP contribution in [0.3, 0.4) is 0 Å². The molecule has 4 N–H and O–H groups in total. The maximum Gasteiger partial charge on any atom is 0.271 e. The van der Waals surface area contributed by atoms with E-state index in [0.29, 0.717) is 18.7 Å². The Bertz CT molecular complexity index is 413. The van der Waals surface area contributed by atoms with E-state index in [4.69, 9.17) is 5.73 Å². The average molecular weight is 269 g/mol.